The van der Waals surface area contributed by atoms with Crippen LogP contribution >= 0.6 is 0 Å². The first-order valence-electron chi connectivity index (χ1n) is 27.2. The van der Waals surface area contributed by atoms with Gasteiger partial charge in [0.1, 0.15) is 0 Å². The van der Waals surface area contributed by atoms with Crippen LogP contribution in [0, 0.1) is 16.2 Å². The van der Waals surface area contributed by atoms with Crippen molar-refractivity contribution in [3.05, 3.63) is 0 Å². The Bertz CT molecular complexity index is 1240. The summed E-state index contributed by atoms with van der Waals surface area (Å²) in [5, 5.41) is 5.33. The van der Waals surface area contributed by atoms with Crippen molar-refractivity contribution in [2.24, 2.45) is 16.2 Å². The van der Waals surface area contributed by atoms with Gasteiger partial charge in [-0.25, -0.2) is 0 Å². The van der Waals surface area contributed by atoms with Gasteiger partial charge < -0.3 is 15.4 Å². The van der Waals surface area contributed by atoms with Crippen molar-refractivity contribution in [1.82, 2.24) is 10.6 Å². The second-order valence-corrected chi connectivity index (χ2v) is 22.4. The first kappa shape index (κ1) is 64.5. The molecular formula is C55H104F6N2O3. The number of alkyl halides is 6. The van der Waals surface area contributed by atoms with Gasteiger partial charge in [-0.05, 0) is 26.7 Å². The lowest BCUT2D eigenvalue weighted by Gasteiger charge is -2.51. The zero-order valence-corrected chi connectivity index (χ0v) is 44.4. The molecule has 0 bridgehead atoms. The highest BCUT2D eigenvalue weighted by Crippen LogP contribution is 2.58. The Kier molecular flexibility index (Phi) is 33.1. The summed E-state index contributed by atoms with van der Waals surface area (Å²) in [5.74, 6) is -11.0. The molecular weight excluding hydrogens is 851 g/mol. The van der Waals surface area contributed by atoms with Crippen LogP contribution in [-0.4, -0.2) is 48.5 Å². The number of unbranched alkanes of at least 4 members (excludes halogenated alkanes) is 30. The zero-order valence-electron chi connectivity index (χ0n) is 44.4. The molecule has 0 fully saturated rings. The summed E-state index contributed by atoms with van der Waals surface area (Å²) >= 11 is 0. The molecule has 0 heterocycles. The number of hydrogen-bond donors (Lipinski definition) is 2. The average molecular weight is 955 g/mol. The predicted octanol–water partition coefficient (Wildman–Crippen LogP) is 18.3. The van der Waals surface area contributed by atoms with Crippen LogP contribution in [0.25, 0.3) is 0 Å². The average Bonchev–Trinajstić information content (AvgIpc) is 3.21. The van der Waals surface area contributed by atoms with Gasteiger partial charge in [-0.3, -0.25) is 9.59 Å². The van der Waals surface area contributed by atoms with Crippen molar-refractivity contribution < 1.29 is 40.7 Å². The van der Waals surface area contributed by atoms with Crippen molar-refractivity contribution in [3.63, 3.8) is 0 Å². The van der Waals surface area contributed by atoms with Crippen molar-refractivity contribution in [2.75, 3.05) is 13.1 Å². The smallest absolute Gasteiger partial charge is 0.356 e. The molecule has 0 radical (unpaired) electrons. The van der Waals surface area contributed by atoms with Gasteiger partial charge >= 0.3 is 18.0 Å². The highest BCUT2D eigenvalue weighted by molar-refractivity contribution is 5.81. The molecule has 0 saturated carbocycles. The maximum Gasteiger partial charge on any atom is 0.361 e. The second kappa shape index (κ2) is 33.9. The van der Waals surface area contributed by atoms with Crippen molar-refractivity contribution >= 4 is 11.8 Å². The molecule has 0 aromatic carbocycles. The zero-order chi connectivity index (χ0) is 50.2. The number of halogens is 6. The Morgan fingerprint density at radius 2 is 0.712 bits per heavy atom. The minimum Gasteiger partial charge on any atom is -0.356 e. The van der Waals surface area contributed by atoms with Gasteiger partial charge in [0.15, 0.2) is 0 Å². The van der Waals surface area contributed by atoms with Gasteiger partial charge in [0.05, 0.1) is 16.4 Å². The minimum absolute atomic E-state index is 0.247. The third-order valence-electron chi connectivity index (χ3n) is 14.5. The molecule has 0 aliphatic heterocycles. The predicted molar refractivity (Wildman–Crippen MR) is 266 cm³/mol. The molecule has 5 nitrogen and oxygen atoms in total. The molecule has 11 heteroatoms. The number of carbonyl (C=O) groups is 2. The van der Waals surface area contributed by atoms with Crippen molar-refractivity contribution in [2.45, 2.75) is 311 Å². The Morgan fingerprint density at radius 3 is 1.03 bits per heavy atom. The molecule has 0 aliphatic carbocycles. The Morgan fingerprint density at radius 1 is 0.424 bits per heavy atom. The highest BCUT2D eigenvalue weighted by Gasteiger charge is 2.71. The molecule has 2 N–H and O–H groups in total. The molecule has 0 saturated heterocycles. The van der Waals surface area contributed by atoms with Crippen molar-refractivity contribution in [3.8, 4) is 0 Å². The van der Waals surface area contributed by atoms with E-state index in [-0.39, 0.29) is 6.54 Å². The fourth-order valence-electron chi connectivity index (χ4n) is 8.75. The van der Waals surface area contributed by atoms with Gasteiger partial charge in [0.25, 0.3) is 0 Å². The van der Waals surface area contributed by atoms with Crippen LogP contribution in [-0.2, 0) is 14.3 Å². The van der Waals surface area contributed by atoms with E-state index < -0.39 is 64.5 Å². The van der Waals surface area contributed by atoms with E-state index in [4.69, 9.17) is 4.74 Å². The van der Waals surface area contributed by atoms with E-state index in [1.807, 2.05) is 0 Å². The minimum atomic E-state index is -4.88. The van der Waals surface area contributed by atoms with E-state index in [1.54, 1.807) is 0 Å². The van der Waals surface area contributed by atoms with E-state index in [2.05, 4.69) is 24.5 Å². The largest absolute Gasteiger partial charge is 0.361 e. The Hall–Kier alpha value is -1.52. The van der Waals surface area contributed by atoms with Crippen LogP contribution in [0.1, 0.15) is 288 Å². The van der Waals surface area contributed by atoms with Crippen LogP contribution in [0.4, 0.5) is 26.3 Å². The van der Waals surface area contributed by atoms with E-state index in [0.29, 0.717) is 19.4 Å². The molecule has 0 atom stereocenters. The molecule has 0 aromatic rings. The number of carbonyl (C=O) groups excluding carboxylic acids is 2. The molecule has 66 heavy (non-hydrogen) atoms. The standard InChI is InChI=1S/C55H104F6N2O3/c1-11-13-15-17-19-21-23-25-27-29-31-33-35-37-39-41-43-62-47(64)45-50(5,6)55(60,61)66-52(9,10)51(7,8)54(58,59)53(56,57)46-49(3,4)48(65)63-44-42-40-38-36-34-32-30-28-26-24-22-20-18-16-14-12-2/h11-46H2,1-10H3,(H,62,64)(H,63,65). The molecule has 394 valence electrons. The summed E-state index contributed by atoms with van der Waals surface area (Å²) in [4.78, 5) is 25.8. The monoisotopic (exact) mass is 955 g/mol. The summed E-state index contributed by atoms with van der Waals surface area (Å²) in [6, 6.07) is 0. The number of hydrogen-bond acceptors (Lipinski definition) is 3. The van der Waals surface area contributed by atoms with Gasteiger partial charge in [0, 0.05) is 31.3 Å². The summed E-state index contributed by atoms with van der Waals surface area (Å²) in [6.45, 7) is 13.1. The fourth-order valence-corrected chi connectivity index (χ4v) is 8.75. The lowest BCUT2D eigenvalue weighted by atomic mass is 9.67. The van der Waals surface area contributed by atoms with Crippen LogP contribution < -0.4 is 10.6 Å². The molecule has 2 amide bonds. The van der Waals surface area contributed by atoms with Crippen LogP contribution in [0.15, 0.2) is 0 Å². The van der Waals surface area contributed by atoms with E-state index in [0.717, 1.165) is 86.5 Å². The highest BCUT2D eigenvalue weighted by atomic mass is 19.3. The normalized spacial score (nSPS) is 13.4. The molecule has 0 unspecified atom stereocenters. The third kappa shape index (κ3) is 25.9. The Balaban J connectivity index is 4.71. The van der Waals surface area contributed by atoms with Crippen LogP contribution in [0.2, 0.25) is 0 Å². The SMILES string of the molecule is CCCCCCCCCCCCCCCCCCNC(=O)CC(C)(C)C(F)(F)OC(C)(C)C(C)(C)C(F)(F)C(F)(F)CC(C)(C)C(=O)NCCCCCCCCCCCCCCCCCC. The van der Waals surface area contributed by atoms with E-state index in [9.17, 15) is 9.59 Å². The van der Waals surface area contributed by atoms with Crippen LogP contribution in [0.3, 0.4) is 0 Å². The Labute approximate surface area is 402 Å². The molecule has 0 spiro atoms. The summed E-state index contributed by atoms with van der Waals surface area (Å²) in [7, 11) is 0. The first-order valence-corrected chi connectivity index (χ1v) is 27.2. The van der Waals surface area contributed by atoms with Gasteiger partial charge in [-0.2, -0.15) is 26.3 Å². The second-order valence-electron chi connectivity index (χ2n) is 22.4. The van der Waals surface area contributed by atoms with Gasteiger partial charge in [-0.15, -0.1) is 0 Å². The number of rotatable bonds is 45. The van der Waals surface area contributed by atoms with E-state index in [1.165, 1.54) is 162 Å². The van der Waals surface area contributed by atoms with Gasteiger partial charge in [0.2, 0.25) is 11.8 Å². The topological polar surface area (TPSA) is 67.4 Å². The van der Waals surface area contributed by atoms with E-state index >= 15 is 26.3 Å². The molecule has 0 rings (SSSR count). The third-order valence-corrected chi connectivity index (χ3v) is 14.5. The summed E-state index contributed by atoms with van der Waals surface area (Å²) in [5.41, 5.74) is -9.39. The maximum atomic E-state index is 16.1. The van der Waals surface area contributed by atoms with Crippen LogP contribution in [0.5, 0.6) is 0 Å². The lowest BCUT2D eigenvalue weighted by molar-refractivity contribution is -0.384. The number of amides is 2. The number of ether oxygens (including phenoxy) is 1. The molecule has 0 aliphatic rings. The molecule has 0 aromatic heterocycles. The van der Waals surface area contributed by atoms with Gasteiger partial charge in [-0.1, -0.05) is 248 Å². The van der Waals surface area contributed by atoms with Crippen molar-refractivity contribution in [1.29, 1.82) is 0 Å². The lowest BCUT2D eigenvalue weighted by Crippen LogP contribution is -2.63. The first-order chi connectivity index (χ1) is 30.9. The maximum absolute atomic E-state index is 16.1. The summed E-state index contributed by atoms with van der Waals surface area (Å²) < 4.78 is 101. The number of nitrogens with one attached hydrogen (secondary N) is 2. The fraction of sp³-hybridized carbons (Fsp3) is 0.964. The quantitative estimate of drug-likeness (QED) is 0.0472. The summed E-state index contributed by atoms with van der Waals surface area (Å²) in [6.07, 6.45) is 32.2.